The first kappa shape index (κ1) is 23.0. The molecule has 4 aliphatic rings. The largest absolute Gasteiger partial charge is 0.508 e. The Labute approximate surface area is 206 Å². The van der Waals surface area contributed by atoms with E-state index in [0.717, 1.165) is 11.1 Å². The number of aryl methyl sites for hydroxylation is 1. The van der Waals surface area contributed by atoms with Gasteiger partial charge in [-0.1, -0.05) is 23.8 Å². The summed E-state index contributed by atoms with van der Waals surface area (Å²) < 4.78 is 0.210. The fraction of sp³-hybridized carbons (Fsp3) is 0.407. The highest BCUT2D eigenvalue weighted by Gasteiger charge is 2.58. The first-order valence-electron chi connectivity index (χ1n) is 11.5. The molecule has 0 aromatic heterocycles. The molecule has 6 nitrogen and oxygen atoms in total. The smallest absolute Gasteiger partial charge is 0.234 e. The molecule has 0 spiro atoms. The molecule has 1 aromatic rings. The number of allylic oxidation sites excluding steroid dienone is 6. The maximum absolute atomic E-state index is 13.6. The summed E-state index contributed by atoms with van der Waals surface area (Å²) in [5.41, 5.74) is 2.56. The quantitative estimate of drug-likeness (QED) is 0.337. The molecule has 1 saturated heterocycles. The predicted molar refractivity (Wildman–Crippen MR) is 129 cm³/mol. The zero-order chi connectivity index (χ0) is 24.7. The van der Waals surface area contributed by atoms with E-state index in [0.29, 0.717) is 23.1 Å². The molecule has 0 radical (unpaired) electrons. The average Bonchev–Trinajstić information content (AvgIpc) is 3.03. The summed E-state index contributed by atoms with van der Waals surface area (Å²) in [6, 6.07) is 5.18. The molecule has 1 aromatic carbocycles. The number of ketones is 2. The van der Waals surface area contributed by atoms with Gasteiger partial charge >= 0.3 is 0 Å². The Morgan fingerprint density at radius 3 is 2.41 bits per heavy atom. The van der Waals surface area contributed by atoms with Gasteiger partial charge in [-0.15, -0.1) is 0 Å². The van der Waals surface area contributed by atoms with Crippen molar-refractivity contribution < 1.29 is 24.3 Å². The molecule has 1 fully saturated rings. The van der Waals surface area contributed by atoms with Crippen LogP contribution in [0.3, 0.4) is 0 Å². The Hall–Kier alpha value is -2.80. The van der Waals surface area contributed by atoms with E-state index in [4.69, 9.17) is 0 Å². The number of imide groups is 1. The van der Waals surface area contributed by atoms with Crippen molar-refractivity contribution in [2.45, 2.75) is 52.0 Å². The van der Waals surface area contributed by atoms with E-state index in [2.05, 4.69) is 15.9 Å². The number of fused-ring (bicyclic) bond motifs is 3. The van der Waals surface area contributed by atoms with E-state index in [1.807, 2.05) is 32.9 Å². The van der Waals surface area contributed by atoms with Crippen LogP contribution in [0.15, 0.2) is 51.6 Å². The number of aromatic hydroxyl groups is 1. The van der Waals surface area contributed by atoms with E-state index in [9.17, 15) is 24.3 Å². The molecule has 176 valence electrons. The van der Waals surface area contributed by atoms with Crippen LogP contribution in [0.5, 0.6) is 5.75 Å². The van der Waals surface area contributed by atoms with Crippen LogP contribution in [0.2, 0.25) is 0 Å². The monoisotopic (exact) mass is 523 g/mol. The van der Waals surface area contributed by atoms with E-state index in [-0.39, 0.29) is 46.0 Å². The molecule has 3 aliphatic carbocycles. The van der Waals surface area contributed by atoms with Gasteiger partial charge in [0.05, 0.1) is 16.3 Å². The lowest BCUT2D eigenvalue weighted by atomic mass is 9.59. The lowest BCUT2D eigenvalue weighted by Gasteiger charge is -2.42. The Morgan fingerprint density at radius 1 is 1.06 bits per heavy atom. The van der Waals surface area contributed by atoms with Gasteiger partial charge in [0.1, 0.15) is 5.75 Å². The van der Waals surface area contributed by atoms with Crippen molar-refractivity contribution in [3.05, 3.63) is 62.7 Å². The van der Waals surface area contributed by atoms with E-state index in [1.165, 1.54) is 11.0 Å². The SMILES string of the molecule is Cc1cc([C@H]2C3=CC[C@@H]4C(=O)N(C(C)(C)C)C(=O)[C@@H]4[C@@H]3CC3=C2C(=O)C=C(Br)C3=O)ccc1O. The van der Waals surface area contributed by atoms with Gasteiger partial charge in [0.2, 0.25) is 11.8 Å². The number of likely N-dealkylation sites (tertiary alicyclic amines) is 1. The highest BCUT2D eigenvalue weighted by molar-refractivity contribution is 9.12. The van der Waals surface area contributed by atoms with Crippen LogP contribution in [0.1, 0.15) is 50.7 Å². The van der Waals surface area contributed by atoms with Crippen molar-refractivity contribution in [3.63, 3.8) is 0 Å². The Morgan fingerprint density at radius 2 is 1.76 bits per heavy atom. The molecule has 7 heteroatoms. The number of carbonyl (C=O) groups excluding carboxylic acids is 4. The van der Waals surface area contributed by atoms with Crippen LogP contribution >= 0.6 is 15.9 Å². The third-order valence-corrected chi connectivity index (χ3v) is 8.15. The zero-order valence-corrected chi connectivity index (χ0v) is 21.1. The van der Waals surface area contributed by atoms with Crippen LogP contribution in [-0.2, 0) is 19.2 Å². The fourth-order valence-electron chi connectivity index (χ4n) is 6.11. The number of benzene rings is 1. The number of nitrogens with zero attached hydrogens (tertiary/aromatic N) is 1. The van der Waals surface area contributed by atoms with Crippen LogP contribution < -0.4 is 0 Å². The summed E-state index contributed by atoms with van der Waals surface area (Å²) in [7, 11) is 0. The summed E-state index contributed by atoms with van der Waals surface area (Å²) >= 11 is 3.23. The maximum Gasteiger partial charge on any atom is 0.234 e. The van der Waals surface area contributed by atoms with E-state index >= 15 is 0 Å². The lowest BCUT2D eigenvalue weighted by molar-refractivity contribution is -0.145. The number of phenols is 1. The first-order valence-corrected chi connectivity index (χ1v) is 12.3. The number of hydrogen-bond donors (Lipinski definition) is 1. The van der Waals surface area contributed by atoms with Crippen molar-refractivity contribution in [2.24, 2.45) is 17.8 Å². The molecule has 34 heavy (non-hydrogen) atoms. The molecule has 4 atom stereocenters. The normalized spacial score (nSPS) is 29.0. The number of amides is 2. The summed E-state index contributed by atoms with van der Waals surface area (Å²) in [5, 5.41) is 10.1. The molecule has 0 unspecified atom stereocenters. The third-order valence-electron chi connectivity index (χ3n) is 7.56. The predicted octanol–water partition coefficient (Wildman–Crippen LogP) is 4.26. The number of phenolic OH excluding ortho intramolecular Hbond substituents is 1. The fourth-order valence-corrected chi connectivity index (χ4v) is 6.55. The highest BCUT2D eigenvalue weighted by Crippen LogP contribution is 2.56. The molecular weight excluding hydrogens is 498 g/mol. The van der Waals surface area contributed by atoms with Crippen LogP contribution in [0.25, 0.3) is 0 Å². The number of Topliss-reactive ketones (excluding diaryl/α,β-unsaturated/α-hetero) is 1. The third kappa shape index (κ3) is 3.20. The Bertz CT molecular complexity index is 1280. The molecule has 1 aliphatic heterocycles. The van der Waals surface area contributed by atoms with E-state index < -0.39 is 23.3 Å². The van der Waals surface area contributed by atoms with Gasteiger partial charge in [0.25, 0.3) is 0 Å². The number of halogens is 1. The second-order valence-corrected chi connectivity index (χ2v) is 11.5. The second kappa shape index (κ2) is 7.60. The molecule has 1 N–H and O–H groups in total. The molecule has 0 bridgehead atoms. The van der Waals surface area contributed by atoms with Crippen LogP contribution in [-0.4, -0.2) is 38.9 Å². The van der Waals surface area contributed by atoms with Crippen molar-refractivity contribution in [1.82, 2.24) is 4.90 Å². The topological polar surface area (TPSA) is 91.8 Å². The van der Waals surface area contributed by atoms with Gasteiger partial charge in [-0.05, 0) is 79.6 Å². The highest BCUT2D eigenvalue weighted by atomic mass is 79.9. The summed E-state index contributed by atoms with van der Waals surface area (Å²) in [4.78, 5) is 54.6. The Kier molecular flexibility index (Phi) is 5.13. The number of rotatable bonds is 1. The van der Waals surface area contributed by atoms with Gasteiger partial charge in [-0.25, -0.2) is 0 Å². The number of hydrogen-bond acceptors (Lipinski definition) is 5. The molecule has 0 saturated carbocycles. The van der Waals surface area contributed by atoms with Crippen LogP contribution in [0.4, 0.5) is 0 Å². The number of carbonyl (C=O) groups is 4. The summed E-state index contributed by atoms with van der Waals surface area (Å²) in [6.07, 6.45) is 4.00. The standard InChI is InChI=1S/C27H26BrNO5/c1-12-9-13(5-8-19(12)30)21-14-6-7-15-22(26(34)29(25(15)33)27(2,3)4)16(14)10-17-23(21)20(31)11-18(28)24(17)32/h5-6,8-9,11,15-16,21-22,30H,7,10H2,1-4H3/t15-,16+,21-,22-/m0/s1. The summed E-state index contributed by atoms with van der Waals surface area (Å²) in [5.74, 6) is -2.58. The van der Waals surface area contributed by atoms with Crippen molar-refractivity contribution in [1.29, 1.82) is 0 Å². The van der Waals surface area contributed by atoms with Crippen molar-refractivity contribution in [2.75, 3.05) is 0 Å². The zero-order valence-electron chi connectivity index (χ0n) is 19.5. The minimum absolute atomic E-state index is 0.147. The van der Waals surface area contributed by atoms with Crippen LogP contribution in [0, 0.1) is 24.7 Å². The van der Waals surface area contributed by atoms with Gasteiger partial charge in [-0.3, -0.25) is 24.1 Å². The molecule has 1 heterocycles. The molecule has 2 amide bonds. The maximum atomic E-state index is 13.6. The van der Waals surface area contributed by atoms with Crippen molar-refractivity contribution in [3.8, 4) is 5.75 Å². The molecule has 5 rings (SSSR count). The van der Waals surface area contributed by atoms with Gasteiger partial charge < -0.3 is 5.11 Å². The van der Waals surface area contributed by atoms with Crippen molar-refractivity contribution >= 4 is 39.3 Å². The van der Waals surface area contributed by atoms with Gasteiger partial charge in [0, 0.05) is 28.7 Å². The lowest BCUT2D eigenvalue weighted by Crippen LogP contribution is -2.46. The average molecular weight is 524 g/mol. The molecular formula is C27H26BrNO5. The van der Waals surface area contributed by atoms with E-state index in [1.54, 1.807) is 19.1 Å². The first-order chi connectivity index (χ1) is 15.9. The minimum atomic E-state index is -0.638. The Balaban J connectivity index is 1.69. The van der Waals surface area contributed by atoms with Gasteiger partial charge in [0.15, 0.2) is 11.6 Å². The summed E-state index contributed by atoms with van der Waals surface area (Å²) in [6.45, 7) is 7.33. The minimum Gasteiger partial charge on any atom is -0.508 e. The second-order valence-electron chi connectivity index (χ2n) is 10.6. The van der Waals surface area contributed by atoms with Gasteiger partial charge in [-0.2, -0.15) is 0 Å².